The maximum absolute atomic E-state index is 5.24. The number of thiocarbonyl (C=S) groups is 1. The molecule has 0 aromatic rings. The summed E-state index contributed by atoms with van der Waals surface area (Å²) in [6.45, 7) is 5.88. The van der Waals surface area contributed by atoms with Gasteiger partial charge in [0.05, 0.1) is 5.60 Å². The zero-order chi connectivity index (χ0) is 10.5. The summed E-state index contributed by atoms with van der Waals surface area (Å²) in [7, 11) is 1.67. The van der Waals surface area contributed by atoms with Crippen LogP contribution in [-0.2, 0) is 4.74 Å². The van der Waals surface area contributed by atoms with Crippen molar-refractivity contribution in [2.24, 2.45) is 10.8 Å². The van der Waals surface area contributed by atoms with Crippen LogP contribution in [0.1, 0.15) is 27.2 Å². The molecule has 13 heavy (non-hydrogen) atoms. The van der Waals surface area contributed by atoms with Crippen LogP contribution in [0.2, 0.25) is 0 Å². The van der Waals surface area contributed by atoms with Crippen LogP contribution in [0.15, 0.2) is 5.10 Å². The molecule has 0 radical (unpaired) electrons. The van der Waals surface area contributed by atoms with E-state index in [2.05, 4.69) is 22.7 Å². The smallest absolute Gasteiger partial charge is 0.184 e. The molecule has 0 bridgehead atoms. The minimum Gasteiger partial charge on any atom is -0.378 e. The van der Waals surface area contributed by atoms with Gasteiger partial charge in [-0.05, 0) is 33.0 Å². The van der Waals surface area contributed by atoms with Gasteiger partial charge in [0.2, 0.25) is 0 Å². The fourth-order valence-corrected chi connectivity index (χ4v) is 0.924. The largest absolute Gasteiger partial charge is 0.378 e. The van der Waals surface area contributed by atoms with E-state index >= 15 is 0 Å². The van der Waals surface area contributed by atoms with Gasteiger partial charge in [0.25, 0.3) is 0 Å². The Kier molecular flexibility index (Phi) is 4.87. The molecule has 4 nitrogen and oxygen atoms in total. The van der Waals surface area contributed by atoms with Crippen molar-refractivity contribution in [2.45, 2.75) is 32.8 Å². The summed E-state index contributed by atoms with van der Waals surface area (Å²) in [5.74, 6) is 0. The molecule has 0 fully saturated rings. The maximum Gasteiger partial charge on any atom is 0.184 e. The topological polar surface area (TPSA) is 59.6 Å². The minimum absolute atomic E-state index is 0.176. The summed E-state index contributed by atoms with van der Waals surface area (Å²) in [4.78, 5) is 0. The van der Waals surface area contributed by atoms with Gasteiger partial charge in [0, 0.05) is 19.2 Å². The quantitative estimate of drug-likeness (QED) is 0.407. The second kappa shape index (κ2) is 5.14. The van der Waals surface area contributed by atoms with E-state index in [4.69, 9.17) is 10.5 Å². The van der Waals surface area contributed by atoms with Crippen LogP contribution in [0.4, 0.5) is 0 Å². The lowest BCUT2D eigenvalue weighted by Gasteiger charge is -2.22. The molecule has 0 aromatic heterocycles. The molecule has 0 aliphatic heterocycles. The highest BCUT2D eigenvalue weighted by Crippen LogP contribution is 2.13. The predicted molar refractivity (Wildman–Crippen MR) is 58.7 cm³/mol. The number of hydrogen-bond donors (Lipinski definition) is 2. The minimum atomic E-state index is -0.203. The van der Waals surface area contributed by atoms with Crippen molar-refractivity contribution in [3.05, 3.63) is 0 Å². The Bertz CT molecular complexity index is 213. The molecular formula is C8H17N3OS. The molecule has 0 unspecified atom stereocenters. The first-order valence-electron chi connectivity index (χ1n) is 4.01. The van der Waals surface area contributed by atoms with Gasteiger partial charge in [-0.25, -0.2) is 0 Å². The van der Waals surface area contributed by atoms with Gasteiger partial charge in [0.15, 0.2) is 5.11 Å². The molecule has 0 aliphatic rings. The summed E-state index contributed by atoms with van der Waals surface area (Å²) >= 11 is 4.61. The molecule has 0 rings (SSSR count). The Hall–Kier alpha value is -0.680. The van der Waals surface area contributed by atoms with Crippen LogP contribution >= 0.6 is 12.2 Å². The van der Waals surface area contributed by atoms with E-state index in [1.807, 2.05) is 20.8 Å². The second-order valence-electron chi connectivity index (χ2n) is 3.46. The molecule has 0 aromatic carbocycles. The van der Waals surface area contributed by atoms with Gasteiger partial charge in [-0.15, -0.1) is 0 Å². The number of nitrogens with zero attached hydrogens (tertiary/aromatic N) is 1. The monoisotopic (exact) mass is 203 g/mol. The number of hydrogen-bond acceptors (Lipinski definition) is 3. The first kappa shape index (κ1) is 12.3. The molecule has 3 N–H and O–H groups in total. The Morgan fingerprint density at radius 3 is 2.54 bits per heavy atom. The van der Waals surface area contributed by atoms with E-state index in [0.29, 0.717) is 0 Å². The van der Waals surface area contributed by atoms with E-state index in [-0.39, 0.29) is 10.7 Å². The van der Waals surface area contributed by atoms with Crippen LogP contribution < -0.4 is 11.2 Å². The van der Waals surface area contributed by atoms with E-state index in [1.54, 1.807) is 7.11 Å². The number of hydrazone groups is 1. The summed E-state index contributed by atoms with van der Waals surface area (Å²) < 4.78 is 5.24. The van der Waals surface area contributed by atoms with Crippen LogP contribution in [0.5, 0.6) is 0 Å². The summed E-state index contributed by atoms with van der Waals surface area (Å²) in [6, 6.07) is 0. The van der Waals surface area contributed by atoms with Gasteiger partial charge in [0.1, 0.15) is 0 Å². The zero-order valence-electron chi connectivity index (χ0n) is 8.55. The highest BCUT2D eigenvalue weighted by molar-refractivity contribution is 7.80. The number of nitrogens with two attached hydrogens (primary N) is 1. The van der Waals surface area contributed by atoms with Crippen molar-refractivity contribution >= 4 is 23.0 Å². The Labute approximate surface area is 84.5 Å². The van der Waals surface area contributed by atoms with Crippen molar-refractivity contribution in [1.29, 1.82) is 0 Å². The lowest BCUT2D eigenvalue weighted by molar-refractivity contribution is 0.0291. The van der Waals surface area contributed by atoms with Crippen LogP contribution in [-0.4, -0.2) is 23.5 Å². The van der Waals surface area contributed by atoms with Crippen molar-refractivity contribution in [3.8, 4) is 0 Å². The predicted octanol–water partition coefficient (Wildman–Crippen LogP) is 1.01. The number of rotatable bonds is 4. The molecule has 0 amide bonds. The summed E-state index contributed by atoms with van der Waals surface area (Å²) in [5.41, 5.74) is 8.45. The average molecular weight is 203 g/mol. The average Bonchev–Trinajstić information content (AvgIpc) is 2.00. The van der Waals surface area contributed by atoms with Crippen molar-refractivity contribution in [2.75, 3.05) is 7.11 Å². The highest BCUT2D eigenvalue weighted by Gasteiger charge is 2.17. The fourth-order valence-electron chi connectivity index (χ4n) is 0.878. The zero-order valence-corrected chi connectivity index (χ0v) is 9.36. The standard InChI is InChI=1S/C8H17N3OS/c1-6(10-11-7(9)13)5-8(2,3)12-4/h5H2,1-4H3,(H3,9,11,13). The summed E-state index contributed by atoms with van der Waals surface area (Å²) in [5, 5.41) is 4.15. The van der Waals surface area contributed by atoms with Gasteiger partial charge >= 0.3 is 0 Å². The molecule has 76 valence electrons. The van der Waals surface area contributed by atoms with E-state index in [0.717, 1.165) is 12.1 Å². The lowest BCUT2D eigenvalue weighted by atomic mass is 10.0. The highest BCUT2D eigenvalue weighted by atomic mass is 32.1. The molecule has 0 spiro atoms. The Balaban J connectivity index is 4.06. The molecule has 0 saturated heterocycles. The molecule has 0 atom stereocenters. The lowest BCUT2D eigenvalue weighted by Crippen LogP contribution is -2.29. The number of methoxy groups -OCH3 is 1. The SMILES string of the molecule is COC(C)(C)CC(C)=NNC(N)=S. The van der Waals surface area contributed by atoms with Crippen molar-refractivity contribution in [3.63, 3.8) is 0 Å². The maximum atomic E-state index is 5.24. The number of nitrogens with one attached hydrogen (secondary N) is 1. The molecular weight excluding hydrogens is 186 g/mol. The van der Waals surface area contributed by atoms with Crippen molar-refractivity contribution in [1.82, 2.24) is 5.43 Å². The van der Waals surface area contributed by atoms with Crippen LogP contribution in [0.3, 0.4) is 0 Å². The van der Waals surface area contributed by atoms with Crippen LogP contribution in [0.25, 0.3) is 0 Å². The second-order valence-corrected chi connectivity index (χ2v) is 3.90. The van der Waals surface area contributed by atoms with E-state index in [9.17, 15) is 0 Å². The third-order valence-corrected chi connectivity index (χ3v) is 1.68. The third kappa shape index (κ3) is 6.48. The summed E-state index contributed by atoms with van der Waals surface area (Å²) in [6.07, 6.45) is 0.735. The molecule has 0 saturated carbocycles. The molecule has 5 heteroatoms. The van der Waals surface area contributed by atoms with Crippen molar-refractivity contribution < 1.29 is 4.74 Å². The normalized spacial score (nSPS) is 12.8. The first-order valence-corrected chi connectivity index (χ1v) is 4.42. The fraction of sp³-hybridized carbons (Fsp3) is 0.750. The first-order chi connectivity index (χ1) is 5.87. The Morgan fingerprint density at radius 1 is 1.62 bits per heavy atom. The third-order valence-electron chi connectivity index (χ3n) is 1.59. The number of ether oxygens (including phenoxy) is 1. The Morgan fingerprint density at radius 2 is 2.15 bits per heavy atom. The van der Waals surface area contributed by atoms with Gasteiger partial charge < -0.3 is 10.5 Å². The van der Waals surface area contributed by atoms with E-state index < -0.39 is 0 Å². The van der Waals surface area contributed by atoms with E-state index in [1.165, 1.54) is 0 Å². The van der Waals surface area contributed by atoms with Gasteiger partial charge in [-0.2, -0.15) is 5.10 Å². The molecule has 0 heterocycles. The van der Waals surface area contributed by atoms with Gasteiger partial charge in [-0.3, -0.25) is 5.43 Å². The molecule has 0 aliphatic carbocycles. The van der Waals surface area contributed by atoms with Gasteiger partial charge in [-0.1, -0.05) is 0 Å². The van der Waals surface area contributed by atoms with Crippen LogP contribution in [0, 0.1) is 0 Å².